The summed E-state index contributed by atoms with van der Waals surface area (Å²) in [6, 6.07) is 15.5. The van der Waals surface area contributed by atoms with Crippen molar-refractivity contribution in [1.82, 2.24) is 5.32 Å². The van der Waals surface area contributed by atoms with E-state index in [0.717, 1.165) is 10.9 Å². The lowest BCUT2D eigenvalue weighted by atomic mass is 9.82. The summed E-state index contributed by atoms with van der Waals surface area (Å²) in [6.07, 6.45) is 4.21. The molecule has 0 aromatic heterocycles. The number of rotatable bonds is 4. The third kappa shape index (κ3) is 5.02. The first-order valence-electron chi connectivity index (χ1n) is 9.66. The van der Waals surface area contributed by atoms with Gasteiger partial charge in [-0.3, -0.25) is 0 Å². The molecule has 1 heterocycles. The maximum atomic E-state index is 12.1. The lowest BCUT2D eigenvalue weighted by molar-refractivity contribution is 0.303. The van der Waals surface area contributed by atoms with Gasteiger partial charge in [-0.1, -0.05) is 76.4 Å². The maximum absolute atomic E-state index is 12.1. The van der Waals surface area contributed by atoms with Crippen LogP contribution in [0.15, 0.2) is 57.3 Å². The van der Waals surface area contributed by atoms with E-state index in [2.05, 4.69) is 58.6 Å². The molecule has 0 aliphatic carbocycles. The summed E-state index contributed by atoms with van der Waals surface area (Å²) in [5.41, 5.74) is 1.45. The molecular weight excluding hydrogens is 415 g/mol. The molecule has 8 heteroatoms. The summed E-state index contributed by atoms with van der Waals surface area (Å²) in [5.74, 6) is 0.887. The summed E-state index contributed by atoms with van der Waals surface area (Å²) in [6.45, 7) is 8.79. The average Bonchev–Trinajstić information content (AvgIpc) is 2.99. The van der Waals surface area contributed by atoms with Crippen molar-refractivity contribution in [1.29, 1.82) is 0 Å². The van der Waals surface area contributed by atoms with Crippen LogP contribution in [0.3, 0.4) is 0 Å². The number of para-hydroxylation sites is 1. The fraction of sp³-hybridized carbons (Fsp3) is 0.318. The van der Waals surface area contributed by atoms with Gasteiger partial charge in [0.2, 0.25) is 0 Å². The number of hydrogen-bond acceptors (Lipinski definition) is 4. The Hall–Kier alpha value is -2.37. The van der Waals surface area contributed by atoms with Crippen LogP contribution < -0.4 is 15.9 Å². The lowest BCUT2D eigenvalue weighted by Crippen LogP contribution is -2.41. The number of nitrogens with zero attached hydrogens (tertiary/aromatic N) is 2. The fourth-order valence-electron chi connectivity index (χ4n) is 3.27. The quantitative estimate of drug-likeness (QED) is 0.493. The van der Waals surface area contributed by atoms with Crippen LogP contribution in [-0.2, 0) is 11.2 Å². The number of phenolic OH excluding ortho intramolecular Hbond substituents is 1. The van der Waals surface area contributed by atoms with Gasteiger partial charge in [0.25, 0.3) is 11.2 Å². The first-order valence-corrected chi connectivity index (χ1v) is 13.6. The van der Waals surface area contributed by atoms with Crippen molar-refractivity contribution in [3.8, 4) is 5.75 Å². The molecule has 160 valence electrons. The average molecular weight is 445 g/mol. The number of anilines is 1. The minimum atomic E-state index is -1.72. The molecule has 0 spiro atoms. The van der Waals surface area contributed by atoms with Crippen LogP contribution in [0.1, 0.15) is 32.4 Å². The van der Waals surface area contributed by atoms with Crippen molar-refractivity contribution < 1.29 is 9.32 Å². The third-order valence-electron chi connectivity index (χ3n) is 4.76. The maximum Gasteiger partial charge on any atom is 0.269 e. The molecule has 1 aliphatic heterocycles. The van der Waals surface area contributed by atoms with Crippen molar-refractivity contribution in [2.45, 2.75) is 26.8 Å². The first kappa shape index (κ1) is 22.3. The van der Waals surface area contributed by atoms with Crippen molar-refractivity contribution >= 4 is 47.0 Å². The number of phenols is 1. The Labute approximate surface area is 181 Å². The second-order valence-electron chi connectivity index (χ2n) is 8.95. The summed E-state index contributed by atoms with van der Waals surface area (Å²) in [5, 5.41) is 18.1. The molecule has 0 amide bonds. The highest BCUT2D eigenvalue weighted by Crippen LogP contribution is 2.40. The lowest BCUT2D eigenvalue weighted by Gasteiger charge is -2.32. The highest BCUT2D eigenvalue weighted by atomic mass is 32.2. The van der Waals surface area contributed by atoms with Crippen LogP contribution >= 0.6 is 6.89 Å². The van der Waals surface area contributed by atoms with E-state index in [0.29, 0.717) is 17.4 Å². The van der Waals surface area contributed by atoms with E-state index in [1.165, 1.54) is 0 Å². The van der Waals surface area contributed by atoms with E-state index in [4.69, 9.17) is 0 Å². The van der Waals surface area contributed by atoms with E-state index in [1.807, 2.05) is 43.7 Å². The van der Waals surface area contributed by atoms with Crippen LogP contribution in [0, 0.1) is 5.41 Å². The molecule has 2 aromatic carbocycles. The second kappa shape index (κ2) is 8.40. The zero-order valence-electron chi connectivity index (χ0n) is 18.0. The molecule has 0 bridgehead atoms. The van der Waals surface area contributed by atoms with Gasteiger partial charge in [-0.2, -0.15) is 0 Å². The predicted octanol–water partition coefficient (Wildman–Crippen LogP) is 3.90. The Morgan fingerprint density at radius 1 is 1.03 bits per heavy atom. The van der Waals surface area contributed by atoms with E-state index >= 15 is 0 Å². The highest BCUT2D eigenvalue weighted by Gasteiger charge is 2.31. The van der Waals surface area contributed by atoms with Gasteiger partial charge in [0.05, 0.1) is 11.7 Å². The van der Waals surface area contributed by atoms with E-state index in [-0.39, 0.29) is 17.2 Å². The fourth-order valence-corrected chi connectivity index (χ4v) is 5.08. The Balaban J connectivity index is 1.91. The zero-order valence-corrected chi connectivity index (χ0v) is 19.7. The molecule has 1 unspecified atom stereocenters. The molecule has 2 atom stereocenters. The minimum absolute atomic E-state index is 0.0795. The minimum Gasteiger partial charge on any atom is -0.505 e. The molecule has 2 aromatic rings. The number of amidine groups is 2. The topological polar surface area (TPSA) is 86.1 Å². The van der Waals surface area contributed by atoms with Crippen molar-refractivity contribution in [3.05, 3.63) is 54.1 Å². The summed E-state index contributed by atoms with van der Waals surface area (Å²) < 4.78 is 20.4. The number of aromatic hydroxyl groups is 1. The molecule has 0 saturated carbocycles. The van der Waals surface area contributed by atoms with Crippen LogP contribution in [0.25, 0.3) is 0 Å². The van der Waals surface area contributed by atoms with Crippen molar-refractivity contribution in [3.63, 3.8) is 0 Å². The van der Waals surface area contributed by atoms with Gasteiger partial charge in [0, 0.05) is 5.30 Å². The van der Waals surface area contributed by atoms with E-state index < -0.39 is 18.1 Å². The molecule has 0 fully saturated rings. The van der Waals surface area contributed by atoms with E-state index in [1.54, 1.807) is 6.07 Å². The van der Waals surface area contributed by atoms with Gasteiger partial charge >= 0.3 is 0 Å². The Morgan fingerprint density at radius 3 is 2.27 bits per heavy atom. The molecule has 0 radical (unpaired) electrons. The van der Waals surface area contributed by atoms with Crippen molar-refractivity contribution in [2.75, 3.05) is 18.6 Å². The first-order chi connectivity index (χ1) is 14.0. The SMILES string of the molecule is C=P(C)(C)c1cccc(NC2=NS(=O)N=C2N[C@@H](c2ccccc2)C(C)(C)C)c1O. The molecule has 3 rings (SSSR count). The summed E-state index contributed by atoms with van der Waals surface area (Å²) in [7, 11) is 0. The second-order valence-corrected chi connectivity index (χ2v) is 13.6. The molecule has 0 saturated heterocycles. The van der Waals surface area contributed by atoms with Crippen LogP contribution in [0.4, 0.5) is 5.69 Å². The van der Waals surface area contributed by atoms with Gasteiger partial charge < -0.3 is 15.7 Å². The summed E-state index contributed by atoms with van der Waals surface area (Å²) in [4.78, 5) is 0. The van der Waals surface area contributed by atoms with Gasteiger partial charge in [0.1, 0.15) is 5.75 Å². The highest BCUT2D eigenvalue weighted by molar-refractivity contribution is 7.83. The smallest absolute Gasteiger partial charge is 0.269 e. The molecule has 1 aliphatic rings. The van der Waals surface area contributed by atoms with Crippen molar-refractivity contribution in [2.24, 2.45) is 14.2 Å². The van der Waals surface area contributed by atoms with E-state index in [9.17, 15) is 9.32 Å². The molecular formula is C22H29N4O2PS. The van der Waals surface area contributed by atoms with Gasteiger partial charge in [0.15, 0.2) is 11.7 Å². The summed E-state index contributed by atoms with van der Waals surface area (Å²) >= 11 is -1.72. The standard InChI is InChI=1S/C22H29N4O2PS/c1-22(2,3)19(15-11-8-7-9-12-15)24-21-20(25-30(28)26-21)23-16-13-10-14-17(18(16)27)29(4,5)6/h7-14,19,27H,4H2,1-3,5-6H3,(H,23,25)(H,24,26)/t19-,30?/m0/s1. The zero-order chi connectivity index (χ0) is 22.1. The van der Waals surface area contributed by atoms with Crippen LogP contribution in [0.2, 0.25) is 0 Å². The number of hydrogen-bond donors (Lipinski definition) is 3. The van der Waals surface area contributed by atoms with Gasteiger partial charge in [-0.05, 0) is 30.4 Å². The Bertz CT molecular complexity index is 1070. The van der Waals surface area contributed by atoms with Crippen LogP contribution in [0.5, 0.6) is 5.75 Å². The molecule has 30 heavy (non-hydrogen) atoms. The Morgan fingerprint density at radius 2 is 1.67 bits per heavy atom. The number of nitrogens with one attached hydrogen (secondary N) is 2. The third-order valence-corrected chi connectivity index (χ3v) is 7.11. The largest absolute Gasteiger partial charge is 0.505 e. The van der Waals surface area contributed by atoms with Gasteiger partial charge in [-0.25, -0.2) is 4.21 Å². The Kier molecular flexibility index (Phi) is 6.25. The molecule has 6 nitrogen and oxygen atoms in total. The molecule has 3 N–H and O–H groups in total. The van der Waals surface area contributed by atoms with Crippen LogP contribution in [-0.4, -0.2) is 40.6 Å². The van der Waals surface area contributed by atoms with Gasteiger partial charge in [-0.15, -0.1) is 8.80 Å². The predicted molar refractivity (Wildman–Crippen MR) is 132 cm³/mol. The monoisotopic (exact) mass is 444 g/mol. The normalized spacial score (nSPS) is 17.8. The number of benzene rings is 2.